The average Bonchev–Trinajstić information content (AvgIpc) is 2.71. The van der Waals surface area contributed by atoms with Crippen molar-refractivity contribution < 1.29 is 9.47 Å². The summed E-state index contributed by atoms with van der Waals surface area (Å²) >= 11 is 1.10. The first-order valence-electron chi connectivity index (χ1n) is 3.85. The van der Waals surface area contributed by atoms with E-state index in [1.165, 1.54) is 0 Å². The molecule has 72 valence electrons. The first-order valence-corrected chi connectivity index (χ1v) is 4.63. The van der Waals surface area contributed by atoms with E-state index in [-0.39, 0.29) is 0 Å². The third-order valence-electron chi connectivity index (χ3n) is 1.53. The van der Waals surface area contributed by atoms with Gasteiger partial charge in [-0.15, -0.1) is 0 Å². The molecule has 2 rings (SSSR count). The summed E-state index contributed by atoms with van der Waals surface area (Å²) in [7, 11) is 1.60. The van der Waals surface area contributed by atoms with E-state index in [1.54, 1.807) is 13.2 Å². The van der Waals surface area contributed by atoms with E-state index in [2.05, 4.69) is 14.8 Å². The molecular formula is C8H7N3O2S. The lowest BCUT2D eigenvalue weighted by molar-refractivity contribution is 0.408. The van der Waals surface area contributed by atoms with Crippen LogP contribution in [-0.2, 0) is 0 Å². The fraction of sp³-hybridized carbons (Fsp3) is 0.125. The van der Waals surface area contributed by atoms with Crippen LogP contribution in [-0.4, -0.2) is 21.9 Å². The number of hydrogen-bond donors (Lipinski definition) is 0. The molecule has 1 aromatic carbocycles. The molecule has 0 atom stereocenters. The monoisotopic (exact) mass is 209 g/mol. The molecule has 1 heterocycles. The van der Waals surface area contributed by atoms with E-state index < -0.39 is 0 Å². The smallest absolute Gasteiger partial charge is 0.319 e. The molecule has 0 bridgehead atoms. The number of methoxy groups -OCH3 is 1. The zero-order valence-corrected chi connectivity index (χ0v) is 8.19. The van der Waals surface area contributed by atoms with Crippen LogP contribution in [0.15, 0.2) is 24.3 Å². The number of benzene rings is 1. The van der Waals surface area contributed by atoms with Crippen molar-refractivity contribution >= 4 is 11.5 Å². The molecule has 1 aromatic heterocycles. The van der Waals surface area contributed by atoms with Crippen LogP contribution in [0.3, 0.4) is 0 Å². The normalized spacial score (nSPS) is 9.79. The van der Waals surface area contributed by atoms with E-state index >= 15 is 0 Å². The summed E-state index contributed by atoms with van der Waals surface area (Å²) in [5.74, 6) is 1.39. The van der Waals surface area contributed by atoms with Crippen LogP contribution in [0.4, 0.5) is 0 Å². The Morgan fingerprint density at radius 1 is 1.29 bits per heavy atom. The summed E-state index contributed by atoms with van der Waals surface area (Å²) in [4.78, 5) is 0. The maximum atomic E-state index is 5.36. The van der Waals surface area contributed by atoms with Gasteiger partial charge in [0.15, 0.2) is 0 Å². The predicted octanol–water partition coefficient (Wildman–Crippen LogP) is 1.73. The molecule has 14 heavy (non-hydrogen) atoms. The molecule has 0 unspecified atom stereocenters. The molecule has 0 spiro atoms. The van der Waals surface area contributed by atoms with Crippen LogP contribution in [0, 0.1) is 0 Å². The zero-order valence-electron chi connectivity index (χ0n) is 7.38. The van der Waals surface area contributed by atoms with Crippen molar-refractivity contribution in [1.82, 2.24) is 14.8 Å². The first kappa shape index (κ1) is 8.89. The number of rotatable bonds is 3. The van der Waals surface area contributed by atoms with Gasteiger partial charge in [0.2, 0.25) is 0 Å². The van der Waals surface area contributed by atoms with Crippen molar-refractivity contribution in [3.05, 3.63) is 24.3 Å². The average molecular weight is 209 g/mol. The summed E-state index contributed by atoms with van der Waals surface area (Å²) in [5, 5.41) is 7.50. The quantitative estimate of drug-likeness (QED) is 0.770. The molecule has 0 radical (unpaired) electrons. The Bertz CT molecular complexity index is 405. The Kier molecular flexibility index (Phi) is 2.55. The largest absolute Gasteiger partial charge is 0.497 e. The molecule has 2 aromatic rings. The molecular weight excluding hydrogens is 202 g/mol. The van der Waals surface area contributed by atoms with Crippen molar-refractivity contribution in [2.45, 2.75) is 0 Å². The van der Waals surface area contributed by atoms with Gasteiger partial charge in [-0.25, -0.2) is 0 Å². The Morgan fingerprint density at radius 2 is 2.14 bits per heavy atom. The SMILES string of the molecule is COc1cccc(Oc2nnns2)c1. The van der Waals surface area contributed by atoms with Crippen LogP contribution in [0.1, 0.15) is 0 Å². The highest BCUT2D eigenvalue weighted by Crippen LogP contribution is 2.24. The second-order valence-electron chi connectivity index (χ2n) is 2.41. The van der Waals surface area contributed by atoms with E-state index in [9.17, 15) is 0 Å². The summed E-state index contributed by atoms with van der Waals surface area (Å²) in [6, 6.07) is 7.25. The molecule has 0 saturated carbocycles. The van der Waals surface area contributed by atoms with Gasteiger partial charge in [-0.3, -0.25) is 0 Å². The Balaban J connectivity index is 2.17. The van der Waals surface area contributed by atoms with Crippen molar-refractivity contribution in [2.24, 2.45) is 0 Å². The molecule has 5 nitrogen and oxygen atoms in total. The topological polar surface area (TPSA) is 57.1 Å². The number of aromatic nitrogens is 3. The van der Waals surface area contributed by atoms with Crippen LogP contribution in [0.25, 0.3) is 0 Å². The molecule has 0 N–H and O–H groups in total. The van der Waals surface area contributed by atoms with Gasteiger partial charge in [-0.05, 0) is 17.3 Å². The highest BCUT2D eigenvalue weighted by molar-refractivity contribution is 7.07. The molecule has 0 aliphatic carbocycles. The minimum absolute atomic E-state index is 0.415. The third-order valence-corrected chi connectivity index (χ3v) is 2.00. The zero-order chi connectivity index (χ0) is 9.80. The lowest BCUT2D eigenvalue weighted by Gasteiger charge is -2.02. The van der Waals surface area contributed by atoms with Crippen LogP contribution < -0.4 is 9.47 Å². The van der Waals surface area contributed by atoms with E-state index in [4.69, 9.17) is 9.47 Å². The van der Waals surface area contributed by atoms with Crippen molar-refractivity contribution in [1.29, 1.82) is 0 Å². The molecule has 0 amide bonds. The maximum absolute atomic E-state index is 5.36. The number of ether oxygens (including phenoxy) is 2. The molecule has 0 aliphatic heterocycles. The first-order chi connectivity index (χ1) is 6.88. The Labute approximate surface area is 84.5 Å². The number of nitrogens with zero attached hydrogens (tertiary/aromatic N) is 3. The fourth-order valence-corrected chi connectivity index (χ4v) is 1.28. The fourth-order valence-electron chi connectivity index (χ4n) is 0.931. The van der Waals surface area contributed by atoms with E-state index in [0.29, 0.717) is 10.9 Å². The van der Waals surface area contributed by atoms with Gasteiger partial charge in [0.25, 0.3) is 0 Å². The standard InChI is InChI=1S/C8H7N3O2S/c1-12-6-3-2-4-7(5-6)13-8-9-10-11-14-8/h2-5H,1H3. The lowest BCUT2D eigenvalue weighted by Crippen LogP contribution is -1.86. The lowest BCUT2D eigenvalue weighted by atomic mass is 10.3. The summed E-state index contributed by atoms with van der Waals surface area (Å²) < 4.78 is 14.0. The molecule has 0 aliphatic rings. The highest BCUT2D eigenvalue weighted by Gasteiger charge is 2.01. The minimum Gasteiger partial charge on any atom is -0.497 e. The Hall–Kier alpha value is -1.69. The van der Waals surface area contributed by atoms with Gasteiger partial charge >= 0.3 is 5.19 Å². The summed E-state index contributed by atoms with van der Waals surface area (Å²) in [6.07, 6.45) is 0. The van der Waals surface area contributed by atoms with Crippen LogP contribution >= 0.6 is 11.5 Å². The van der Waals surface area contributed by atoms with Gasteiger partial charge in [0, 0.05) is 17.6 Å². The molecule has 6 heteroatoms. The summed E-state index contributed by atoms with van der Waals surface area (Å²) in [5.41, 5.74) is 0. The van der Waals surface area contributed by atoms with Gasteiger partial charge in [-0.2, -0.15) is 0 Å². The Morgan fingerprint density at radius 3 is 2.86 bits per heavy atom. The van der Waals surface area contributed by atoms with Crippen molar-refractivity contribution in [3.8, 4) is 16.7 Å². The third kappa shape index (κ3) is 1.97. The minimum atomic E-state index is 0.415. The van der Waals surface area contributed by atoms with Crippen molar-refractivity contribution in [3.63, 3.8) is 0 Å². The van der Waals surface area contributed by atoms with E-state index in [1.807, 2.05) is 18.2 Å². The van der Waals surface area contributed by atoms with Gasteiger partial charge in [0.1, 0.15) is 11.5 Å². The summed E-state index contributed by atoms with van der Waals surface area (Å²) in [6.45, 7) is 0. The highest BCUT2D eigenvalue weighted by atomic mass is 32.1. The van der Waals surface area contributed by atoms with Gasteiger partial charge in [-0.1, -0.05) is 15.7 Å². The van der Waals surface area contributed by atoms with Gasteiger partial charge < -0.3 is 9.47 Å². The van der Waals surface area contributed by atoms with Crippen LogP contribution in [0.2, 0.25) is 0 Å². The second-order valence-corrected chi connectivity index (χ2v) is 3.10. The second kappa shape index (κ2) is 4.01. The molecule has 0 saturated heterocycles. The maximum Gasteiger partial charge on any atom is 0.319 e. The van der Waals surface area contributed by atoms with E-state index in [0.717, 1.165) is 17.3 Å². The number of hydrogen-bond acceptors (Lipinski definition) is 6. The predicted molar refractivity (Wildman–Crippen MR) is 50.8 cm³/mol. The van der Waals surface area contributed by atoms with Crippen molar-refractivity contribution in [2.75, 3.05) is 7.11 Å². The van der Waals surface area contributed by atoms with Gasteiger partial charge in [0.05, 0.1) is 7.11 Å². The van der Waals surface area contributed by atoms with Crippen LogP contribution in [0.5, 0.6) is 16.7 Å². The molecule has 0 fully saturated rings.